The van der Waals surface area contributed by atoms with Crippen LogP contribution in [-0.4, -0.2) is 34.5 Å². The number of nitrogens with zero attached hydrogens (tertiary/aromatic N) is 3. The van der Waals surface area contributed by atoms with Crippen LogP contribution in [0, 0.1) is 6.92 Å². The normalized spacial score (nSPS) is 10.9. The number of hydrogen-bond acceptors (Lipinski definition) is 4. The van der Waals surface area contributed by atoms with Gasteiger partial charge in [-0.2, -0.15) is 0 Å². The number of amides is 1. The predicted octanol–water partition coefficient (Wildman–Crippen LogP) is 1.63. The quantitative estimate of drug-likeness (QED) is 0.855. The van der Waals surface area contributed by atoms with Crippen LogP contribution in [0.2, 0.25) is 0 Å². The van der Waals surface area contributed by atoms with Crippen LogP contribution in [0.1, 0.15) is 18.4 Å². The summed E-state index contributed by atoms with van der Waals surface area (Å²) in [7, 11) is 3.47. The molecule has 2 rings (SSSR count). The van der Waals surface area contributed by atoms with Crippen LogP contribution in [0.5, 0.6) is 0 Å². The minimum absolute atomic E-state index is 0.0135. The second kappa shape index (κ2) is 5.52. The van der Waals surface area contributed by atoms with Crippen LogP contribution >= 0.6 is 11.3 Å². The van der Waals surface area contributed by atoms with Crippen molar-refractivity contribution in [1.29, 1.82) is 0 Å². The molecule has 0 aliphatic heterocycles. The van der Waals surface area contributed by atoms with Gasteiger partial charge in [-0.15, -0.1) is 11.3 Å². The van der Waals surface area contributed by atoms with Crippen LogP contribution in [0.15, 0.2) is 16.5 Å². The smallest absolute Gasteiger partial charge is 0.271 e. The van der Waals surface area contributed by atoms with Gasteiger partial charge in [-0.3, -0.25) is 14.2 Å². The van der Waals surface area contributed by atoms with E-state index in [1.165, 1.54) is 11.3 Å². The van der Waals surface area contributed by atoms with Gasteiger partial charge in [0, 0.05) is 27.1 Å². The molecular formula is C13H17N3O2S. The van der Waals surface area contributed by atoms with E-state index in [9.17, 15) is 9.59 Å². The monoisotopic (exact) mass is 279 g/mol. The number of aryl methyl sites for hydroxylation is 2. The molecule has 2 aromatic rings. The minimum atomic E-state index is -0.0135. The molecule has 0 unspecified atom stereocenters. The number of thiophene rings is 1. The van der Waals surface area contributed by atoms with Gasteiger partial charge in [0.15, 0.2) is 0 Å². The highest BCUT2D eigenvalue weighted by atomic mass is 32.1. The lowest BCUT2D eigenvalue weighted by atomic mass is 10.3. The van der Waals surface area contributed by atoms with E-state index in [-0.39, 0.29) is 11.5 Å². The Morgan fingerprint density at radius 2 is 2.21 bits per heavy atom. The molecule has 5 nitrogen and oxygen atoms in total. The number of carbonyl (C=O) groups is 1. The SMILES string of the molecule is Cc1csc2c(=O)n(CCCC(=O)N(C)C)cnc12. The van der Waals surface area contributed by atoms with E-state index in [0.29, 0.717) is 24.1 Å². The van der Waals surface area contributed by atoms with Gasteiger partial charge in [-0.25, -0.2) is 4.98 Å². The third-order valence-electron chi connectivity index (χ3n) is 3.01. The van der Waals surface area contributed by atoms with Crippen molar-refractivity contribution in [2.45, 2.75) is 26.3 Å². The molecule has 0 N–H and O–H groups in total. The molecule has 1 amide bonds. The molecule has 0 spiro atoms. The van der Waals surface area contributed by atoms with Crippen LogP contribution in [-0.2, 0) is 11.3 Å². The maximum absolute atomic E-state index is 12.2. The van der Waals surface area contributed by atoms with Crippen molar-refractivity contribution >= 4 is 27.5 Å². The molecule has 102 valence electrons. The van der Waals surface area contributed by atoms with E-state index in [4.69, 9.17) is 0 Å². The maximum Gasteiger partial charge on any atom is 0.271 e. The molecular weight excluding hydrogens is 262 g/mol. The zero-order chi connectivity index (χ0) is 14.0. The lowest BCUT2D eigenvalue weighted by Crippen LogP contribution is -2.23. The van der Waals surface area contributed by atoms with Crippen molar-refractivity contribution in [3.05, 3.63) is 27.6 Å². The van der Waals surface area contributed by atoms with Gasteiger partial charge in [-0.1, -0.05) is 0 Å². The summed E-state index contributed by atoms with van der Waals surface area (Å²) in [5, 5.41) is 1.94. The van der Waals surface area contributed by atoms with Crippen LogP contribution in [0.3, 0.4) is 0 Å². The Kier molecular flexibility index (Phi) is 3.99. The Balaban J connectivity index is 2.12. The molecule has 2 heterocycles. The Bertz CT molecular complexity index is 657. The van der Waals surface area contributed by atoms with Crippen molar-refractivity contribution in [1.82, 2.24) is 14.5 Å². The Morgan fingerprint density at radius 1 is 1.47 bits per heavy atom. The summed E-state index contributed by atoms with van der Waals surface area (Å²) in [6, 6.07) is 0. The summed E-state index contributed by atoms with van der Waals surface area (Å²) in [5.41, 5.74) is 1.81. The molecule has 0 aromatic carbocycles. The largest absolute Gasteiger partial charge is 0.349 e. The molecule has 0 aliphatic rings. The molecule has 0 aliphatic carbocycles. The second-order valence-electron chi connectivity index (χ2n) is 4.73. The number of carbonyl (C=O) groups excluding carboxylic acids is 1. The molecule has 0 saturated heterocycles. The first-order valence-electron chi connectivity index (χ1n) is 6.14. The summed E-state index contributed by atoms with van der Waals surface area (Å²) in [6.45, 7) is 2.48. The second-order valence-corrected chi connectivity index (χ2v) is 5.61. The molecule has 0 radical (unpaired) electrons. The summed E-state index contributed by atoms with van der Waals surface area (Å²) >= 11 is 1.43. The van der Waals surface area contributed by atoms with Crippen molar-refractivity contribution in [3.63, 3.8) is 0 Å². The lowest BCUT2D eigenvalue weighted by molar-refractivity contribution is -0.128. The Morgan fingerprint density at radius 3 is 2.89 bits per heavy atom. The van der Waals surface area contributed by atoms with Crippen LogP contribution < -0.4 is 5.56 Å². The predicted molar refractivity (Wildman–Crippen MR) is 76.5 cm³/mol. The summed E-state index contributed by atoms with van der Waals surface area (Å²) in [5.74, 6) is 0.0778. The highest BCUT2D eigenvalue weighted by Gasteiger charge is 2.09. The first-order valence-corrected chi connectivity index (χ1v) is 7.02. The fourth-order valence-electron chi connectivity index (χ4n) is 1.84. The molecule has 6 heteroatoms. The van der Waals surface area contributed by atoms with E-state index >= 15 is 0 Å². The summed E-state index contributed by atoms with van der Waals surface area (Å²) < 4.78 is 2.28. The van der Waals surface area contributed by atoms with Gasteiger partial charge in [0.1, 0.15) is 4.70 Å². The van der Waals surface area contributed by atoms with Crippen LogP contribution in [0.4, 0.5) is 0 Å². The first-order chi connectivity index (χ1) is 9.00. The minimum Gasteiger partial charge on any atom is -0.349 e. The van der Waals surface area contributed by atoms with Crippen molar-refractivity contribution in [2.75, 3.05) is 14.1 Å². The fourth-order valence-corrected chi connectivity index (χ4v) is 2.79. The van der Waals surface area contributed by atoms with Gasteiger partial charge in [-0.05, 0) is 24.3 Å². The van der Waals surface area contributed by atoms with Crippen molar-refractivity contribution in [2.24, 2.45) is 0 Å². The fraction of sp³-hybridized carbons (Fsp3) is 0.462. The zero-order valence-electron chi connectivity index (χ0n) is 11.3. The topological polar surface area (TPSA) is 55.2 Å². The van der Waals surface area contributed by atoms with E-state index < -0.39 is 0 Å². The Labute approximate surface area is 115 Å². The average Bonchev–Trinajstić information content (AvgIpc) is 2.74. The van der Waals surface area contributed by atoms with Crippen molar-refractivity contribution in [3.8, 4) is 0 Å². The lowest BCUT2D eigenvalue weighted by Gasteiger charge is -2.10. The Hall–Kier alpha value is -1.69. The number of hydrogen-bond donors (Lipinski definition) is 0. The van der Waals surface area contributed by atoms with Gasteiger partial charge < -0.3 is 4.90 Å². The molecule has 2 aromatic heterocycles. The molecule has 0 fully saturated rings. The van der Waals surface area contributed by atoms with Gasteiger partial charge in [0.05, 0.1) is 11.8 Å². The summed E-state index contributed by atoms with van der Waals surface area (Å²) in [4.78, 5) is 29.5. The van der Waals surface area contributed by atoms with E-state index in [2.05, 4.69) is 4.98 Å². The van der Waals surface area contributed by atoms with Gasteiger partial charge >= 0.3 is 0 Å². The molecule has 0 saturated carbocycles. The van der Waals surface area contributed by atoms with Crippen LogP contribution in [0.25, 0.3) is 10.2 Å². The van der Waals surface area contributed by atoms with Gasteiger partial charge in [0.25, 0.3) is 5.56 Å². The van der Waals surface area contributed by atoms with E-state index in [1.807, 2.05) is 12.3 Å². The molecule has 0 atom stereocenters. The standard InChI is InChI=1S/C13H17N3O2S/c1-9-7-19-12-11(9)14-8-16(13(12)18)6-4-5-10(17)15(2)3/h7-8H,4-6H2,1-3H3. The third kappa shape index (κ3) is 2.84. The van der Waals surface area contributed by atoms with E-state index in [1.54, 1.807) is 29.9 Å². The average molecular weight is 279 g/mol. The highest BCUT2D eigenvalue weighted by Crippen LogP contribution is 2.19. The summed E-state index contributed by atoms with van der Waals surface area (Å²) in [6.07, 6.45) is 2.67. The number of aromatic nitrogens is 2. The molecule has 0 bridgehead atoms. The zero-order valence-corrected chi connectivity index (χ0v) is 12.2. The number of rotatable bonds is 4. The first kappa shape index (κ1) is 13.7. The van der Waals surface area contributed by atoms with Crippen molar-refractivity contribution < 1.29 is 4.79 Å². The molecule has 19 heavy (non-hydrogen) atoms. The van der Waals surface area contributed by atoms with E-state index in [0.717, 1.165) is 11.1 Å². The number of fused-ring (bicyclic) bond motifs is 1. The highest BCUT2D eigenvalue weighted by molar-refractivity contribution is 7.17. The third-order valence-corrected chi connectivity index (χ3v) is 4.09. The van der Waals surface area contributed by atoms with Gasteiger partial charge in [0.2, 0.25) is 5.91 Å². The maximum atomic E-state index is 12.2.